The van der Waals surface area contributed by atoms with Crippen LogP contribution in [0.15, 0.2) is 0 Å². The van der Waals surface area contributed by atoms with Crippen LogP contribution in [-0.2, 0) is 8.85 Å². The molecule has 0 spiro atoms. The minimum absolute atomic E-state index is 0.796. The zero-order valence-corrected chi connectivity index (χ0v) is 12.8. The summed E-state index contributed by atoms with van der Waals surface area (Å²) in [5.41, 5.74) is 0. The zero-order chi connectivity index (χ0) is 12.5. The van der Waals surface area contributed by atoms with Crippen LogP contribution in [0.3, 0.4) is 0 Å². The molecule has 102 valence electrons. The topological polar surface area (TPSA) is 24.9 Å². The monoisotopic (exact) mass is 260 g/mol. The first-order valence-corrected chi connectivity index (χ1v) is 8.73. The summed E-state index contributed by atoms with van der Waals surface area (Å²) in [7, 11) is -1.36. The molecule has 0 aromatic carbocycles. The molecular formula is C12H28N2O2Si. The van der Waals surface area contributed by atoms with Crippen LogP contribution < -0.4 is 0 Å². The Morgan fingerprint density at radius 2 is 1.65 bits per heavy atom. The second-order valence-electron chi connectivity index (χ2n) is 4.45. The van der Waals surface area contributed by atoms with Crippen LogP contribution in [0, 0.1) is 0 Å². The van der Waals surface area contributed by atoms with E-state index in [1.54, 1.807) is 0 Å². The molecule has 1 saturated heterocycles. The average Bonchev–Trinajstić information content (AvgIpc) is 2.77. The van der Waals surface area contributed by atoms with Crippen LogP contribution in [0.5, 0.6) is 0 Å². The van der Waals surface area contributed by atoms with Crippen LogP contribution in [0.2, 0.25) is 6.04 Å². The lowest BCUT2D eigenvalue weighted by atomic mass is 10.4. The van der Waals surface area contributed by atoms with Crippen molar-refractivity contribution < 1.29 is 8.85 Å². The Labute approximate surface area is 108 Å². The highest BCUT2D eigenvalue weighted by Crippen LogP contribution is 2.08. The van der Waals surface area contributed by atoms with Gasteiger partial charge < -0.3 is 8.85 Å². The molecule has 4 nitrogen and oxygen atoms in total. The molecule has 1 aliphatic heterocycles. The van der Waals surface area contributed by atoms with Crippen LogP contribution >= 0.6 is 0 Å². The molecule has 5 heteroatoms. The molecular weight excluding hydrogens is 232 g/mol. The Morgan fingerprint density at radius 3 is 2.18 bits per heavy atom. The van der Waals surface area contributed by atoms with Crippen molar-refractivity contribution in [3.63, 3.8) is 0 Å². The van der Waals surface area contributed by atoms with Crippen LogP contribution in [0.25, 0.3) is 0 Å². The van der Waals surface area contributed by atoms with Gasteiger partial charge in [0.2, 0.25) is 0 Å². The second kappa shape index (κ2) is 9.05. The van der Waals surface area contributed by atoms with Crippen molar-refractivity contribution in [2.24, 2.45) is 0 Å². The quantitative estimate of drug-likeness (QED) is 0.583. The average molecular weight is 260 g/mol. The smallest absolute Gasteiger partial charge is 0.321 e. The molecule has 0 radical (unpaired) electrons. The van der Waals surface area contributed by atoms with E-state index in [0.717, 1.165) is 25.9 Å². The molecule has 1 rings (SSSR count). The van der Waals surface area contributed by atoms with Gasteiger partial charge in [-0.05, 0) is 39.4 Å². The van der Waals surface area contributed by atoms with Crippen molar-refractivity contribution in [3.05, 3.63) is 0 Å². The van der Waals surface area contributed by atoms with Gasteiger partial charge in [-0.25, -0.2) is 0 Å². The first-order valence-electron chi connectivity index (χ1n) is 6.98. The lowest BCUT2D eigenvalue weighted by Gasteiger charge is -2.18. The van der Waals surface area contributed by atoms with Gasteiger partial charge >= 0.3 is 9.28 Å². The first kappa shape index (κ1) is 15.1. The molecule has 0 bridgehead atoms. The van der Waals surface area contributed by atoms with Gasteiger partial charge in [0.15, 0.2) is 0 Å². The number of rotatable bonds is 9. The highest BCUT2D eigenvalue weighted by Gasteiger charge is 2.19. The Morgan fingerprint density at radius 1 is 1.00 bits per heavy atom. The molecule has 1 fully saturated rings. The maximum atomic E-state index is 5.68. The van der Waals surface area contributed by atoms with Crippen LogP contribution in [0.4, 0.5) is 0 Å². The van der Waals surface area contributed by atoms with Gasteiger partial charge in [-0.3, -0.25) is 9.80 Å². The van der Waals surface area contributed by atoms with Crippen LogP contribution in [-0.4, -0.2) is 65.1 Å². The molecule has 0 N–H and O–H groups in total. The molecule has 0 amide bonds. The first-order chi connectivity index (χ1) is 8.30. The maximum Gasteiger partial charge on any atom is 0.321 e. The van der Waals surface area contributed by atoms with Crippen molar-refractivity contribution in [3.8, 4) is 0 Å². The SMILES string of the molecule is CCO[SiH](CCCN1CCN(CC)C1)OCC. The van der Waals surface area contributed by atoms with Crippen molar-refractivity contribution in [2.45, 2.75) is 33.2 Å². The standard InChI is InChI=1S/C12H28N2O2Si/c1-4-13-9-10-14(12-13)8-7-11-17(15-5-2)16-6-3/h17H,4-12H2,1-3H3. The summed E-state index contributed by atoms with van der Waals surface area (Å²) >= 11 is 0. The van der Waals surface area contributed by atoms with Gasteiger partial charge in [0.05, 0.1) is 6.67 Å². The summed E-state index contributed by atoms with van der Waals surface area (Å²) in [6, 6.07) is 1.14. The van der Waals surface area contributed by atoms with Gasteiger partial charge in [-0.1, -0.05) is 6.92 Å². The van der Waals surface area contributed by atoms with E-state index >= 15 is 0 Å². The summed E-state index contributed by atoms with van der Waals surface area (Å²) in [5.74, 6) is 0. The van der Waals surface area contributed by atoms with E-state index in [2.05, 4.69) is 30.6 Å². The summed E-state index contributed by atoms with van der Waals surface area (Å²) in [5, 5.41) is 0. The fraction of sp³-hybridized carbons (Fsp3) is 1.00. The molecule has 0 atom stereocenters. The minimum atomic E-state index is -1.36. The van der Waals surface area contributed by atoms with E-state index in [-0.39, 0.29) is 0 Å². The number of nitrogens with zero attached hydrogens (tertiary/aromatic N) is 2. The molecule has 0 aliphatic carbocycles. The lowest BCUT2D eigenvalue weighted by molar-refractivity contribution is 0.208. The number of hydrogen-bond donors (Lipinski definition) is 0. The third kappa shape index (κ3) is 5.97. The Balaban J connectivity index is 2.09. The van der Waals surface area contributed by atoms with E-state index in [1.807, 2.05) is 0 Å². The van der Waals surface area contributed by atoms with E-state index in [0.29, 0.717) is 0 Å². The zero-order valence-electron chi connectivity index (χ0n) is 11.7. The van der Waals surface area contributed by atoms with Crippen molar-refractivity contribution in [1.29, 1.82) is 0 Å². The molecule has 0 unspecified atom stereocenters. The van der Waals surface area contributed by atoms with Gasteiger partial charge in [0, 0.05) is 26.3 Å². The highest BCUT2D eigenvalue weighted by atomic mass is 28.3. The number of likely N-dealkylation sites (N-methyl/N-ethyl adjacent to an activating group) is 1. The highest BCUT2D eigenvalue weighted by molar-refractivity contribution is 6.44. The van der Waals surface area contributed by atoms with E-state index in [1.165, 1.54) is 32.6 Å². The Hall–Kier alpha value is 0.0569. The second-order valence-corrected chi connectivity index (χ2v) is 6.56. The lowest BCUT2D eigenvalue weighted by Crippen LogP contribution is -2.28. The summed E-state index contributed by atoms with van der Waals surface area (Å²) < 4.78 is 11.4. The molecule has 1 heterocycles. The summed E-state index contributed by atoms with van der Waals surface area (Å²) in [6.07, 6.45) is 1.22. The van der Waals surface area contributed by atoms with Gasteiger partial charge in [0.1, 0.15) is 0 Å². The van der Waals surface area contributed by atoms with E-state index in [4.69, 9.17) is 8.85 Å². The van der Waals surface area contributed by atoms with Crippen molar-refractivity contribution in [1.82, 2.24) is 9.80 Å². The Bertz CT molecular complexity index is 189. The van der Waals surface area contributed by atoms with Gasteiger partial charge in [0.25, 0.3) is 0 Å². The summed E-state index contributed by atoms with van der Waals surface area (Å²) in [6.45, 7) is 13.9. The molecule has 17 heavy (non-hydrogen) atoms. The molecule has 0 aromatic rings. The molecule has 0 saturated carbocycles. The Kier molecular flexibility index (Phi) is 8.05. The minimum Gasteiger partial charge on any atom is -0.397 e. The van der Waals surface area contributed by atoms with Crippen molar-refractivity contribution >= 4 is 9.28 Å². The largest absolute Gasteiger partial charge is 0.397 e. The van der Waals surface area contributed by atoms with Crippen molar-refractivity contribution in [2.75, 3.05) is 46.1 Å². The predicted octanol–water partition coefficient (Wildman–Crippen LogP) is 1.26. The predicted molar refractivity (Wildman–Crippen MR) is 73.5 cm³/mol. The third-order valence-corrected chi connectivity index (χ3v) is 5.49. The fourth-order valence-corrected chi connectivity index (χ4v) is 3.90. The van der Waals surface area contributed by atoms with Gasteiger partial charge in [-0.2, -0.15) is 0 Å². The summed E-state index contributed by atoms with van der Waals surface area (Å²) in [4.78, 5) is 5.02. The van der Waals surface area contributed by atoms with E-state index < -0.39 is 9.28 Å². The molecule has 0 aromatic heterocycles. The van der Waals surface area contributed by atoms with Crippen LogP contribution in [0.1, 0.15) is 27.2 Å². The third-order valence-electron chi connectivity index (χ3n) is 3.20. The fourth-order valence-electron chi connectivity index (χ4n) is 2.22. The number of hydrogen-bond acceptors (Lipinski definition) is 4. The molecule has 1 aliphatic rings. The normalized spacial score (nSPS) is 18.4. The maximum absolute atomic E-state index is 5.68. The van der Waals surface area contributed by atoms with E-state index in [9.17, 15) is 0 Å². The van der Waals surface area contributed by atoms with Gasteiger partial charge in [-0.15, -0.1) is 0 Å².